The third kappa shape index (κ3) is 2.59. The average Bonchev–Trinajstić information content (AvgIpc) is 2.64. The minimum Gasteiger partial charge on any atom is -0.455 e. The van der Waals surface area contributed by atoms with Crippen molar-refractivity contribution in [1.82, 2.24) is 5.32 Å². The average molecular weight is 241 g/mol. The zero-order valence-corrected chi connectivity index (χ0v) is 9.92. The molecule has 1 heterocycles. The molecule has 0 bridgehead atoms. The van der Waals surface area contributed by atoms with Gasteiger partial charge in [0.05, 0.1) is 11.9 Å². The second-order valence-corrected chi connectivity index (χ2v) is 4.86. The Kier molecular flexibility index (Phi) is 3.56. The minimum atomic E-state index is -0.256. The van der Waals surface area contributed by atoms with Crippen LogP contribution in [-0.2, 0) is 5.75 Å². The number of amides is 1. The van der Waals surface area contributed by atoms with Crippen LogP contribution in [0.25, 0.3) is 0 Å². The Balaban J connectivity index is 1.88. The van der Waals surface area contributed by atoms with E-state index in [2.05, 4.69) is 5.32 Å². The second-order valence-electron chi connectivity index (χ2n) is 3.99. The lowest BCUT2D eigenvalue weighted by Crippen LogP contribution is -2.46. The molecule has 4 nitrogen and oxygen atoms in total. The summed E-state index contributed by atoms with van der Waals surface area (Å²) in [4.78, 5) is 11.7. The van der Waals surface area contributed by atoms with E-state index in [0.717, 1.165) is 11.5 Å². The van der Waals surface area contributed by atoms with Crippen molar-refractivity contribution < 1.29 is 14.3 Å². The SMILES string of the molecule is CSCc1ccc(C(=O)NC2CC(O)C2)o1. The Hall–Kier alpha value is -0.940. The predicted octanol–water partition coefficient (Wildman–Crippen LogP) is 1.40. The van der Waals surface area contributed by atoms with Crippen molar-refractivity contribution >= 4 is 17.7 Å². The molecule has 88 valence electrons. The summed E-state index contributed by atoms with van der Waals surface area (Å²) < 4.78 is 5.39. The number of carbonyl (C=O) groups excluding carboxylic acids is 1. The largest absolute Gasteiger partial charge is 0.455 e. The summed E-state index contributed by atoms with van der Waals surface area (Å²) in [5.74, 6) is 1.75. The first-order chi connectivity index (χ1) is 7.69. The zero-order chi connectivity index (χ0) is 11.5. The first-order valence-electron chi connectivity index (χ1n) is 5.25. The molecule has 0 aliphatic heterocycles. The second kappa shape index (κ2) is 4.93. The Morgan fingerprint density at radius 3 is 3.00 bits per heavy atom. The number of hydrogen-bond acceptors (Lipinski definition) is 4. The van der Waals surface area contributed by atoms with E-state index in [9.17, 15) is 4.79 Å². The Labute approximate surface area is 98.4 Å². The number of hydrogen-bond donors (Lipinski definition) is 2. The lowest BCUT2D eigenvalue weighted by Gasteiger charge is -2.31. The quantitative estimate of drug-likeness (QED) is 0.836. The number of furan rings is 1. The van der Waals surface area contributed by atoms with Crippen LogP contribution in [0.3, 0.4) is 0 Å². The van der Waals surface area contributed by atoms with Gasteiger partial charge < -0.3 is 14.8 Å². The number of rotatable bonds is 4. The van der Waals surface area contributed by atoms with Crippen LogP contribution in [0.5, 0.6) is 0 Å². The molecule has 1 aromatic rings. The molecule has 1 fully saturated rings. The van der Waals surface area contributed by atoms with Crippen LogP contribution in [0.2, 0.25) is 0 Å². The molecule has 0 radical (unpaired) electrons. The Bertz CT molecular complexity index is 371. The highest BCUT2D eigenvalue weighted by Gasteiger charge is 2.29. The summed E-state index contributed by atoms with van der Waals surface area (Å²) in [6.45, 7) is 0. The van der Waals surface area contributed by atoms with Gasteiger partial charge in [0.1, 0.15) is 5.76 Å². The van der Waals surface area contributed by atoms with Crippen molar-refractivity contribution in [2.75, 3.05) is 6.26 Å². The smallest absolute Gasteiger partial charge is 0.287 e. The van der Waals surface area contributed by atoms with Gasteiger partial charge in [0.2, 0.25) is 0 Å². The molecule has 2 N–H and O–H groups in total. The molecule has 1 saturated carbocycles. The van der Waals surface area contributed by atoms with E-state index in [-0.39, 0.29) is 18.1 Å². The lowest BCUT2D eigenvalue weighted by molar-refractivity contribution is 0.0550. The van der Waals surface area contributed by atoms with Crippen LogP contribution >= 0.6 is 11.8 Å². The van der Waals surface area contributed by atoms with Crippen LogP contribution in [0.1, 0.15) is 29.2 Å². The van der Waals surface area contributed by atoms with Gasteiger partial charge in [0.25, 0.3) is 5.91 Å². The van der Waals surface area contributed by atoms with Crippen LogP contribution < -0.4 is 5.32 Å². The van der Waals surface area contributed by atoms with Gasteiger partial charge >= 0.3 is 0 Å². The van der Waals surface area contributed by atoms with E-state index in [4.69, 9.17) is 9.52 Å². The molecule has 1 aliphatic rings. The van der Waals surface area contributed by atoms with E-state index >= 15 is 0 Å². The zero-order valence-electron chi connectivity index (χ0n) is 9.10. The molecular weight excluding hydrogens is 226 g/mol. The van der Waals surface area contributed by atoms with E-state index in [0.29, 0.717) is 18.6 Å². The summed E-state index contributed by atoms with van der Waals surface area (Å²) in [7, 11) is 0. The Morgan fingerprint density at radius 1 is 1.62 bits per heavy atom. The van der Waals surface area contributed by atoms with Gasteiger partial charge in [-0.05, 0) is 31.2 Å². The highest BCUT2D eigenvalue weighted by molar-refractivity contribution is 7.97. The minimum absolute atomic E-state index is 0.0941. The molecule has 1 aromatic heterocycles. The first kappa shape index (κ1) is 11.5. The number of nitrogens with one attached hydrogen (secondary N) is 1. The molecule has 0 atom stereocenters. The van der Waals surface area contributed by atoms with Gasteiger partial charge in [0, 0.05) is 6.04 Å². The fourth-order valence-electron chi connectivity index (χ4n) is 1.68. The molecular formula is C11H15NO3S. The molecule has 0 unspecified atom stereocenters. The van der Waals surface area contributed by atoms with Crippen molar-refractivity contribution in [3.05, 3.63) is 23.7 Å². The molecule has 1 aliphatic carbocycles. The van der Waals surface area contributed by atoms with Gasteiger partial charge in [-0.3, -0.25) is 4.79 Å². The molecule has 0 saturated heterocycles. The normalized spacial score (nSPS) is 23.9. The maximum absolute atomic E-state index is 11.7. The molecule has 16 heavy (non-hydrogen) atoms. The topological polar surface area (TPSA) is 62.5 Å². The van der Waals surface area contributed by atoms with E-state index in [1.165, 1.54) is 0 Å². The third-order valence-corrected chi connectivity index (χ3v) is 3.19. The van der Waals surface area contributed by atoms with Crippen molar-refractivity contribution in [3.8, 4) is 0 Å². The van der Waals surface area contributed by atoms with E-state index in [1.54, 1.807) is 17.8 Å². The number of thioether (sulfide) groups is 1. The summed E-state index contributed by atoms with van der Waals surface area (Å²) in [5.41, 5.74) is 0. The van der Waals surface area contributed by atoms with Crippen LogP contribution in [0, 0.1) is 0 Å². The fourth-order valence-corrected chi connectivity index (χ4v) is 2.12. The molecule has 5 heteroatoms. The van der Waals surface area contributed by atoms with Gasteiger partial charge in [-0.2, -0.15) is 11.8 Å². The third-order valence-electron chi connectivity index (χ3n) is 2.62. The van der Waals surface area contributed by atoms with Gasteiger partial charge in [-0.25, -0.2) is 0 Å². The summed E-state index contributed by atoms with van der Waals surface area (Å²) in [6, 6.07) is 3.61. The van der Waals surface area contributed by atoms with Crippen molar-refractivity contribution in [2.24, 2.45) is 0 Å². The predicted molar refractivity (Wildman–Crippen MR) is 62.4 cm³/mol. The summed E-state index contributed by atoms with van der Waals surface area (Å²) >= 11 is 1.65. The maximum Gasteiger partial charge on any atom is 0.287 e. The van der Waals surface area contributed by atoms with Crippen LogP contribution in [-0.4, -0.2) is 29.4 Å². The molecule has 2 rings (SSSR count). The van der Waals surface area contributed by atoms with Gasteiger partial charge in [0.15, 0.2) is 5.76 Å². The van der Waals surface area contributed by atoms with Crippen molar-refractivity contribution in [2.45, 2.75) is 30.7 Å². The van der Waals surface area contributed by atoms with Crippen LogP contribution in [0.4, 0.5) is 0 Å². The standard InChI is InChI=1S/C11H15NO3S/c1-16-6-9-2-3-10(15-9)11(14)12-7-4-8(13)5-7/h2-3,7-8,13H,4-6H2,1H3,(H,12,14). The van der Waals surface area contributed by atoms with E-state index < -0.39 is 0 Å². The van der Waals surface area contributed by atoms with Crippen molar-refractivity contribution in [1.29, 1.82) is 0 Å². The molecule has 0 aromatic carbocycles. The molecule has 1 amide bonds. The Morgan fingerprint density at radius 2 is 2.38 bits per heavy atom. The number of aliphatic hydroxyl groups excluding tert-OH is 1. The van der Waals surface area contributed by atoms with Gasteiger partial charge in [-0.1, -0.05) is 0 Å². The number of carbonyl (C=O) groups is 1. The monoisotopic (exact) mass is 241 g/mol. The number of aliphatic hydroxyl groups is 1. The lowest BCUT2D eigenvalue weighted by atomic mass is 9.89. The van der Waals surface area contributed by atoms with Crippen molar-refractivity contribution in [3.63, 3.8) is 0 Å². The van der Waals surface area contributed by atoms with E-state index in [1.807, 2.05) is 12.3 Å². The molecule has 0 spiro atoms. The van der Waals surface area contributed by atoms with Crippen LogP contribution in [0.15, 0.2) is 16.5 Å². The summed E-state index contributed by atoms with van der Waals surface area (Å²) in [6.07, 6.45) is 3.01. The highest BCUT2D eigenvalue weighted by Crippen LogP contribution is 2.20. The first-order valence-corrected chi connectivity index (χ1v) is 6.65. The maximum atomic E-state index is 11.7. The fraction of sp³-hybridized carbons (Fsp3) is 0.545. The summed E-state index contributed by atoms with van der Waals surface area (Å²) in [5, 5.41) is 11.9. The van der Waals surface area contributed by atoms with Gasteiger partial charge in [-0.15, -0.1) is 0 Å². The highest BCUT2D eigenvalue weighted by atomic mass is 32.2.